The number of methoxy groups -OCH3 is 2. The Balaban J connectivity index is 2.81. The van der Waals surface area contributed by atoms with E-state index < -0.39 is 0 Å². The lowest BCUT2D eigenvalue weighted by Crippen LogP contribution is -2.12. The Bertz CT molecular complexity index is 727. The van der Waals surface area contributed by atoms with Crippen molar-refractivity contribution >= 4 is 0 Å². The molecule has 0 saturated carbocycles. The summed E-state index contributed by atoms with van der Waals surface area (Å²) in [4.78, 5) is 0. The van der Waals surface area contributed by atoms with Gasteiger partial charge >= 0.3 is 0 Å². The number of hydrogen-bond acceptors (Lipinski definition) is 4. The molecule has 23 heavy (non-hydrogen) atoms. The van der Waals surface area contributed by atoms with Crippen LogP contribution in [0.1, 0.15) is 31.9 Å². The number of rotatable bonds is 3. The third kappa shape index (κ3) is 3.21. The molecule has 0 atom stereocenters. The molecule has 0 aliphatic rings. The number of benzene rings is 2. The molecule has 124 valence electrons. The molecule has 0 spiro atoms. The third-order valence-electron chi connectivity index (χ3n) is 3.93. The van der Waals surface area contributed by atoms with Gasteiger partial charge in [0.15, 0.2) is 0 Å². The van der Waals surface area contributed by atoms with E-state index in [9.17, 15) is 10.2 Å². The van der Waals surface area contributed by atoms with Crippen molar-refractivity contribution in [2.24, 2.45) is 0 Å². The molecule has 2 aromatic rings. The molecule has 0 heterocycles. The van der Waals surface area contributed by atoms with Crippen molar-refractivity contribution in [2.45, 2.75) is 33.1 Å². The van der Waals surface area contributed by atoms with Gasteiger partial charge in [-0.05, 0) is 42.2 Å². The number of hydrogen-bond donors (Lipinski definition) is 2. The predicted molar refractivity (Wildman–Crippen MR) is 91.7 cm³/mol. The monoisotopic (exact) mass is 316 g/mol. The SMILES string of the molecule is COc1cc(C)c(O)c(-c2cc(OC)cc(C(C)(C)C)c2O)c1. The van der Waals surface area contributed by atoms with Crippen molar-refractivity contribution in [3.05, 3.63) is 35.4 Å². The van der Waals surface area contributed by atoms with Crippen molar-refractivity contribution in [1.29, 1.82) is 0 Å². The summed E-state index contributed by atoms with van der Waals surface area (Å²) in [5, 5.41) is 21.2. The van der Waals surface area contributed by atoms with Crippen LogP contribution in [0, 0.1) is 6.92 Å². The summed E-state index contributed by atoms with van der Waals surface area (Å²) >= 11 is 0. The van der Waals surface area contributed by atoms with Crippen LogP contribution in [0.25, 0.3) is 11.1 Å². The first kappa shape index (κ1) is 17.0. The number of aromatic hydroxyl groups is 2. The highest BCUT2D eigenvalue weighted by atomic mass is 16.5. The van der Waals surface area contributed by atoms with Crippen LogP contribution in [0.5, 0.6) is 23.0 Å². The van der Waals surface area contributed by atoms with Gasteiger partial charge < -0.3 is 19.7 Å². The fourth-order valence-corrected chi connectivity index (χ4v) is 2.57. The summed E-state index contributed by atoms with van der Waals surface area (Å²) in [5.41, 5.74) is 2.21. The van der Waals surface area contributed by atoms with Gasteiger partial charge in [0.1, 0.15) is 23.0 Å². The Kier molecular flexibility index (Phi) is 4.46. The van der Waals surface area contributed by atoms with Crippen LogP contribution in [0.2, 0.25) is 0 Å². The summed E-state index contributed by atoms with van der Waals surface area (Å²) in [6, 6.07) is 7.01. The highest BCUT2D eigenvalue weighted by molar-refractivity contribution is 5.80. The third-order valence-corrected chi connectivity index (χ3v) is 3.93. The van der Waals surface area contributed by atoms with E-state index in [0.717, 1.165) is 5.56 Å². The number of aryl methyl sites for hydroxylation is 1. The van der Waals surface area contributed by atoms with Gasteiger partial charge in [-0.3, -0.25) is 0 Å². The normalized spacial score (nSPS) is 11.4. The minimum atomic E-state index is -0.267. The van der Waals surface area contributed by atoms with Crippen LogP contribution in [-0.4, -0.2) is 24.4 Å². The van der Waals surface area contributed by atoms with Gasteiger partial charge in [0.25, 0.3) is 0 Å². The Morgan fingerprint density at radius 1 is 0.783 bits per heavy atom. The molecule has 0 saturated heterocycles. The lowest BCUT2D eigenvalue weighted by molar-refractivity contribution is 0.405. The maximum atomic E-state index is 10.8. The molecular weight excluding hydrogens is 292 g/mol. The fourth-order valence-electron chi connectivity index (χ4n) is 2.57. The summed E-state index contributed by atoms with van der Waals surface area (Å²) in [7, 11) is 3.15. The zero-order valence-corrected chi connectivity index (χ0v) is 14.5. The molecule has 0 bridgehead atoms. The van der Waals surface area contributed by atoms with E-state index in [4.69, 9.17) is 9.47 Å². The average Bonchev–Trinajstić information content (AvgIpc) is 2.49. The second-order valence-electron chi connectivity index (χ2n) is 6.66. The van der Waals surface area contributed by atoms with Gasteiger partial charge in [-0.15, -0.1) is 0 Å². The van der Waals surface area contributed by atoms with Crippen molar-refractivity contribution in [3.63, 3.8) is 0 Å². The van der Waals surface area contributed by atoms with Crippen LogP contribution in [0.15, 0.2) is 24.3 Å². The molecule has 0 amide bonds. The molecule has 2 rings (SSSR count). The maximum absolute atomic E-state index is 10.8. The summed E-state index contributed by atoms with van der Waals surface area (Å²) in [6.45, 7) is 7.84. The standard InChI is InChI=1S/C19H24O4/c1-11-7-12(22-5)8-14(17(11)20)15-9-13(23-6)10-16(18(15)21)19(2,3)4/h7-10,20-21H,1-6H3. The first-order valence-electron chi connectivity index (χ1n) is 7.48. The van der Waals surface area contributed by atoms with Gasteiger partial charge in [-0.1, -0.05) is 20.8 Å². The largest absolute Gasteiger partial charge is 0.507 e. The lowest BCUT2D eigenvalue weighted by atomic mass is 9.84. The van der Waals surface area contributed by atoms with E-state index in [0.29, 0.717) is 28.2 Å². The zero-order chi connectivity index (χ0) is 17.4. The summed E-state index contributed by atoms with van der Waals surface area (Å²) in [6.07, 6.45) is 0. The number of ether oxygens (including phenoxy) is 2. The highest BCUT2D eigenvalue weighted by Crippen LogP contribution is 2.45. The molecule has 2 aromatic carbocycles. The molecule has 0 aliphatic heterocycles. The first-order valence-corrected chi connectivity index (χ1v) is 7.48. The van der Waals surface area contributed by atoms with Crippen LogP contribution < -0.4 is 9.47 Å². The average molecular weight is 316 g/mol. The first-order chi connectivity index (χ1) is 10.7. The predicted octanol–water partition coefficient (Wildman–Crippen LogP) is 4.39. The molecule has 0 aliphatic carbocycles. The maximum Gasteiger partial charge on any atom is 0.127 e. The number of phenolic OH excluding ortho intramolecular Hbond substituents is 2. The van der Waals surface area contributed by atoms with E-state index in [1.807, 2.05) is 26.8 Å². The Morgan fingerprint density at radius 2 is 1.26 bits per heavy atom. The molecule has 0 unspecified atom stereocenters. The van der Waals surface area contributed by atoms with E-state index in [-0.39, 0.29) is 16.9 Å². The molecule has 4 heteroatoms. The van der Waals surface area contributed by atoms with Gasteiger partial charge in [-0.25, -0.2) is 0 Å². The van der Waals surface area contributed by atoms with Crippen molar-refractivity contribution in [2.75, 3.05) is 14.2 Å². The van der Waals surface area contributed by atoms with Crippen LogP contribution >= 0.6 is 0 Å². The van der Waals surface area contributed by atoms with E-state index in [2.05, 4.69) is 0 Å². The topological polar surface area (TPSA) is 58.9 Å². The van der Waals surface area contributed by atoms with Crippen LogP contribution in [0.3, 0.4) is 0 Å². The van der Waals surface area contributed by atoms with E-state index >= 15 is 0 Å². The fraction of sp³-hybridized carbons (Fsp3) is 0.368. The Labute approximate surface area is 137 Å². The molecule has 2 N–H and O–H groups in total. The lowest BCUT2D eigenvalue weighted by Gasteiger charge is -2.23. The summed E-state index contributed by atoms with van der Waals surface area (Å²) in [5.74, 6) is 1.51. The summed E-state index contributed by atoms with van der Waals surface area (Å²) < 4.78 is 10.7. The molecular formula is C19H24O4. The zero-order valence-electron chi connectivity index (χ0n) is 14.5. The minimum Gasteiger partial charge on any atom is -0.507 e. The van der Waals surface area contributed by atoms with Crippen LogP contribution in [0.4, 0.5) is 0 Å². The molecule has 0 radical (unpaired) electrons. The highest BCUT2D eigenvalue weighted by Gasteiger charge is 2.24. The quantitative estimate of drug-likeness (QED) is 0.882. The van der Waals surface area contributed by atoms with Gasteiger partial charge in [0, 0.05) is 16.7 Å². The second-order valence-corrected chi connectivity index (χ2v) is 6.66. The Morgan fingerprint density at radius 3 is 1.74 bits per heavy atom. The van der Waals surface area contributed by atoms with Gasteiger partial charge in [0.05, 0.1) is 14.2 Å². The van der Waals surface area contributed by atoms with E-state index in [1.54, 1.807) is 39.3 Å². The smallest absolute Gasteiger partial charge is 0.127 e. The molecule has 0 aromatic heterocycles. The van der Waals surface area contributed by atoms with Crippen LogP contribution in [-0.2, 0) is 5.41 Å². The van der Waals surface area contributed by atoms with Crippen molar-refractivity contribution < 1.29 is 19.7 Å². The van der Waals surface area contributed by atoms with Crippen molar-refractivity contribution in [3.8, 4) is 34.1 Å². The molecule has 4 nitrogen and oxygen atoms in total. The van der Waals surface area contributed by atoms with Gasteiger partial charge in [0.2, 0.25) is 0 Å². The van der Waals surface area contributed by atoms with E-state index in [1.165, 1.54) is 0 Å². The second kappa shape index (κ2) is 6.03. The van der Waals surface area contributed by atoms with Crippen molar-refractivity contribution in [1.82, 2.24) is 0 Å². The van der Waals surface area contributed by atoms with Gasteiger partial charge in [-0.2, -0.15) is 0 Å². The molecule has 0 fully saturated rings. The number of phenols is 2. The minimum absolute atomic E-state index is 0.120. The Hall–Kier alpha value is -2.36.